The van der Waals surface area contributed by atoms with Crippen LogP contribution in [0.1, 0.15) is 27.9 Å². The molecule has 32 heavy (non-hydrogen) atoms. The summed E-state index contributed by atoms with van der Waals surface area (Å²) >= 11 is 0. The summed E-state index contributed by atoms with van der Waals surface area (Å²) in [4.78, 5) is 43.4. The summed E-state index contributed by atoms with van der Waals surface area (Å²) in [5, 5.41) is 0. The van der Waals surface area contributed by atoms with E-state index in [4.69, 9.17) is 0 Å². The van der Waals surface area contributed by atoms with Crippen molar-refractivity contribution in [2.24, 2.45) is 35.5 Å². The summed E-state index contributed by atoms with van der Waals surface area (Å²) in [5.74, 6) is 0.529. The molecule has 2 aromatic carbocycles. The van der Waals surface area contributed by atoms with Crippen molar-refractivity contribution in [1.82, 2.24) is 4.90 Å². The van der Waals surface area contributed by atoms with Gasteiger partial charge in [0.05, 0.1) is 11.8 Å². The molecule has 5 aliphatic rings. The molecule has 1 saturated heterocycles. The van der Waals surface area contributed by atoms with E-state index in [-0.39, 0.29) is 48.1 Å². The Balaban J connectivity index is 1.33. The largest absolute Gasteiger partial charge is 0.290 e. The highest BCUT2D eigenvalue weighted by Crippen LogP contribution is 2.65. The average Bonchev–Trinajstić information content (AvgIpc) is 3.58. The number of rotatable bonds is 4. The van der Waals surface area contributed by atoms with Crippen LogP contribution in [0.3, 0.4) is 0 Å². The fraction of sp³-hybridized carbons (Fsp3) is 0.370. The van der Waals surface area contributed by atoms with Crippen LogP contribution < -0.4 is 4.90 Å². The summed E-state index contributed by atoms with van der Waals surface area (Å²) in [5.41, 5.74) is 3.37. The van der Waals surface area contributed by atoms with Crippen LogP contribution in [0.15, 0.2) is 60.7 Å². The minimum atomic E-state index is -0.254. The molecule has 1 aliphatic heterocycles. The van der Waals surface area contributed by atoms with Crippen molar-refractivity contribution < 1.29 is 14.4 Å². The van der Waals surface area contributed by atoms with Gasteiger partial charge in [-0.2, -0.15) is 0 Å². The van der Waals surface area contributed by atoms with Crippen LogP contribution in [0.2, 0.25) is 0 Å². The lowest BCUT2D eigenvalue weighted by Gasteiger charge is -2.37. The molecule has 3 fully saturated rings. The molecule has 4 aliphatic carbocycles. The monoisotopic (exact) mass is 426 g/mol. The van der Waals surface area contributed by atoms with Crippen LogP contribution in [0.25, 0.3) is 0 Å². The maximum absolute atomic E-state index is 13.5. The molecule has 0 spiro atoms. The van der Waals surface area contributed by atoms with E-state index in [0.29, 0.717) is 23.1 Å². The maximum atomic E-state index is 13.5. The third-order valence-corrected chi connectivity index (χ3v) is 7.93. The Morgan fingerprint density at radius 3 is 1.88 bits per heavy atom. The summed E-state index contributed by atoms with van der Waals surface area (Å²) in [6.45, 7) is 3.92. The molecular weight excluding hydrogens is 400 g/mol. The van der Waals surface area contributed by atoms with Gasteiger partial charge in [0.2, 0.25) is 11.8 Å². The number of anilines is 1. The van der Waals surface area contributed by atoms with E-state index >= 15 is 0 Å². The van der Waals surface area contributed by atoms with Crippen LogP contribution >= 0.6 is 0 Å². The second kappa shape index (κ2) is 6.89. The summed E-state index contributed by atoms with van der Waals surface area (Å²) in [7, 11) is 0. The van der Waals surface area contributed by atoms with Gasteiger partial charge in [0, 0.05) is 11.3 Å². The van der Waals surface area contributed by atoms with Crippen LogP contribution in [-0.2, 0) is 9.59 Å². The molecule has 2 bridgehead atoms. The number of benzene rings is 2. The van der Waals surface area contributed by atoms with Gasteiger partial charge in [0.15, 0.2) is 0 Å². The molecule has 1 heterocycles. The SMILES string of the molecule is Cc1ccc(C(=O)N(CN2C(=O)C3C4C=CC(C5CC45)C3C2=O)c2ccc(C)cc2)cc1. The van der Waals surface area contributed by atoms with Gasteiger partial charge >= 0.3 is 0 Å². The highest BCUT2D eigenvalue weighted by atomic mass is 16.2. The minimum absolute atomic E-state index is 0.0464. The summed E-state index contributed by atoms with van der Waals surface area (Å²) in [6, 6.07) is 15.0. The van der Waals surface area contributed by atoms with Crippen molar-refractivity contribution in [3.05, 3.63) is 77.4 Å². The zero-order valence-corrected chi connectivity index (χ0v) is 18.3. The van der Waals surface area contributed by atoms with Crippen molar-refractivity contribution in [3.63, 3.8) is 0 Å². The maximum Gasteiger partial charge on any atom is 0.259 e. The lowest BCUT2D eigenvalue weighted by atomic mass is 9.63. The molecule has 0 N–H and O–H groups in total. The molecule has 162 valence electrons. The van der Waals surface area contributed by atoms with E-state index in [1.165, 1.54) is 4.90 Å². The Labute approximate surface area is 187 Å². The van der Waals surface area contributed by atoms with Crippen molar-refractivity contribution in [2.45, 2.75) is 20.3 Å². The third-order valence-electron chi connectivity index (χ3n) is 7.93. The number of imide groups is 1. The molecule has 0 radical (unpaired) electrons. The Bertz CT molecular complexity index is 1110. The summed E-state index contributed by atoms with van der Waals surface area (Å²) < 4.78 is 0. The van der Waals surface area contributed by atoms with Gasteiger partial charge in [-0.15, -0.1) is 0 Å². The fourth-order valence-electron chi connectivity index (χ4n) is 6.14. The van der Waals surface area contributed by atoms with E-state index in [1.807, 2.05) is 50.2 Å². The number of hydrogen-bond donors (Lipinski definition) is 0. The smallest absolute Gasteiger partial charge is 0.259 e. The van der Waals surface area contributed by atoms with Gasteiger partial charge in [-0.25, -0.2) is 0 Å². The molecule has 0 aromatic heterocycles. The van der Waals surface area contributed by atoms with E-state index in [2.05, 4.69) is 12.2 Å². The first kappa shape index (κ1) is 19.5. The number of aryl methyl sites for hydroxylation is 2. The lowest BCUT2D eigenvalue weighted by Crippen LogP contribution is -2.45. The van der Waals surface area contributed by atoms with Crippen LogP contribution in [0.4, 0.5) is 5.69 Å². The van der Waals surface area contributed by atoms with Gasteiger partial charge in [-0.3, -0.25) is 24.2 Å². The highest BCUT2D eigenvalue weighted by molar-refractivity contribution is 6.09. The zero-order valence-electron chi connectivity index (χ0n) is 18.3. The van der Waals surface area contributed by atoms with Crippen molar-refractivity contribution in [2.75, 3.05) is 11.6 Å². The molecule has 2 aromatic rings. The van der Waals surface area contributed by atoms with E-state index < -0.39 is 0 Å². The van der Waals surface area contributed by atoms with Gasteiger partial charge in [-0.05, 0) is 68.2 Å². The van der Waals surface area contributed by atoms with Crippen LogP contribution in [-0.4, -0.2) is 29.3 Å². The topological polar surface area (TPSA) is 57.7 Å². The molecule has 7 rings (SSSR count). The lowest BCUT2D eigenvalue weighted by molar-refractivity contribution is -0.140. The number of likely N-dealkylation sites (tertiary alicyclic amines) is 1. The molecule has 6 unspecified atom stereocenters. The predicted octanol–water partition coefficient (Wildman–Crippen LogP) is 3.96. The third kappa shape index (κ3) is 2.80. The quantitative estimate of drug-likeness (QED) is 0.549. The first-order valence-corrected chi connectivity index (χ1v) is 11.4. The van der Waals surface area contributed by atoms with E-state index in [0.717, 1.165) is 17.5 Å². The van der Waals surface area contributed by atoms with Gasteiger partial charge in [0.25, 0.3) is 5.91 Å². The Hall–Kier alpha value is -3.21. The second-order valence-corrected chi connectivity index (χ2v) is 9.84. The molecule has 3 amide bonds. The van der Waals surface area contributed by atoms with Gasteiger partial charge in [-0.1, -0.05) is 47.5 Å². The number of carbonyl (C=O) groups is 3. The number of allylic oxidation sites excluding steroid dienone is 2. The summed E-state index contributed by atoms with van der Waals surface area (Å²) in [6.07, 6.45) is 5.48. The van der Waals surface area contributed by atoms with E-state index in [1.54, 1.807) is 17.0 Å². The van der Waals surface area contributed by atoms with Gasteiger partial charge in [0.1, 0.15) is 6.67 Å². The Kier molecular flexibility index (Phi) is 4.19. The Morgan fingerprint density at radius 2 is 1.34 bits per heavy atom. The normalized spacial score (nSPS) is 31.5. The number of amides is 3. The number of hydrogen-bond acceptors (Lipinski definition) is 3. The first-order chi connectivity index (χ1) is 15.4. The molecule has 6 atom stereocenters. The average molecular weight is 427 g/mol. The molecule has 5 heteroatoms. The second-order valence-electron chi connectivity index (χ2n) is 9.84. The van der Waals surface area contributed by atoms with Crippen molar-refractivity contribution >= 4 is 23.4 Å². The first-order valence-electron chi connectivity index (χ1n) is 11.4. The number of nitrogens with zero attached hydrogens (tertiary/aromatic N) is 2. The van der Waals surface area contributed by atoms with Crippen LogP contribution in [0.5, 0.6) is 0 Å². The standard InChI is InChI=1S/C27H26N2O3/c1-15-3-7-17(8-4-15)25(30)28(18-9-5-16(2)6-10-18)14-29-26(31)23-19-11-12-20(22-13-21(19)22)24(23)27(29)32/h3-12,19-24H,13-14H2,1-2H3. The predicted molar refractivity (Wildman–Crippen MR) is 121 cm³/mol. The minimum Gasteiger partial charge on any atom is -0.290 e. The van der Waals surface area contributed by atoms with Gasteiger partial charge < -0.3 is 0 Å². The van der Waals surface area contributed by atoms with Crippen molar-refractivity contribution in [1.29, 1.82) is 0 Å². The van der Waals surface area contributed by atoms with Crippen LogP contribution in [0, 0.1) is 49.4 Å². The fourth-order valence-corrected chi connectivity index (χ4v) is 6.14. The Morgan fingerprint density at radius 1 is 0.844 bits per heavy atom. The highest BCUT2D eigenvalue weighted by Gasteiger charge is 2.67. The molecular formula is C27H26N2O3. The van der Waals surface area contributed by atoms with Crippen molar-refractivity contribution in [3.8, 4) is 0 Å². The molecule has 5 nitrogen and oxygen atoms in total. The molecule has 2 saturated carbocycles. The number of carbonyl (C=O) groups excluding carboxylic acids is 3. The zero-order chi connectivity index (χ0) is 22.1. The van der Waals surface area contributed by atoms with E-state index in [9.17, 15) is 14.4 Å².